The Kier molecular flexibility index (Phi) is 7.05. The van der Waals surface area contributed by atoms with Gasteiger partial charge in [-0.25, -0.2) is 4.39 Å². The molecular weight excluding hydrogens is 327 g/mol. The van der Waals surface area contributed by atoms with Gasteiger partial charge in [0.2, 0.25) is 5.91 Å². The fourth-order valence-electron chi connectivity index (χ4n) is 3.61. The van der Waals surface area contributed by atoms with E-state index in [9.17, 15) is 9.18 Å². The van der Waals surface area contributed by atoms with Gasteiger partial charge < -0.3 is 10.2 Å². The maximum absolute atomic E-state index is 13.4. The molecule has 3 nitrogen and oxygen atoms in total. The van der Waals surface area contributed by atoms with E-state index in [0.29, 0.717) is 30.8 Å². The number of hydrogen-bond acceptors (Lipinski definition) is 2. The van der Waals surface area contributed by atoms with Crippen LogP contribution in [0.5, 0.6) is 0 Å². The van der Waals surface area contributed by atoms with Crippen molar-refractivity contribution in [3.05, 3.63) is 35.6 Å². The van der Waals surface area contributed by atoms with Crippen molar-refractivity contribution in [2.24, 2.45) is 11.8 Å². The molecule has 1 aromatic carbocycles. The number of halogens is 2. The molecule has 1 N–H and O–H groups in total. The van der Waals surface area contributed by atoms with E-state index in [1.807, 2.05) is 11.0 Å². The zero-order valence-electron chi connectivity index (χ0n) is 14.3. The van der Waals surface area contributed by atoms with Gasteiger partial charge in [0.15, 0.2) is 0 Å². The number of benzene rings is 1. The van der Waals surface area contributed by atoms with Crippen molar-refractivity contribution >= 4 is 18.3 Å². The summed E-state index contributed by atoms with van der Waals surface area (Å²) >= 11 is 0. The van der Waals surface area contributed by atoms with Crippen LogP contribution in [-0.2, 0) is 11.3 Å². The molecule has 1 aliphatic heterocycles. The lowest BCUT2D eigenvalue weighted by Crippen LogP contribution is -2.36. The number of piperidine rings is 1. The number of rotatable bonds is 6. The van der Waals surface area contributed by atoms with Crippen LogP contribution in [-0.4, -0.2) is 29.9 Å². The SMILES string of the molecule is CC(CC(=O)N(Cc1cccc(F)c1)C1CC1)C1CCNCC1.Cl. The molecule has 0 aromatic heterocycles. The number of carbonyl (C=O) groups is 1. The number of nitrogens with one attached hydrogen (secondary N) is 1. The van der Waals surface area contributed by atoms with E-state index in [0.717, 1.165) is 31.5 Å². The first kappa shape index (κ1) is 19.2. The molecule has 3 rings (SSSR count). The van der Waals surface area contributed by atoms with E-state index >= 15 is 0 Å². The molecule has 1 aliphatic carbocycles. The summed E-state index contributed by atoms with van der Waals surface area (Å²) in [6.07, 6.45) is 5.13. The largest absolute Gasteiger partial charge is 0.335 e. The number of carbonyl (C=O) groups excluding carboxylic acids is 1. The molecule has 2 aliphatic rings. The molecule has 1 saturated carbocycles. The van der Waals surface area contributed by atoms with Crippen LogP contribution < -0.4 is 5.32 Å². The summed E-state index contributed by atoms with van der Waals surface area (Å²) in [6, 6.07) is 6.98. The number of amides is 1. The molecular formula is C19H28ClFN2O. The van der Waals surface area contributed by atoms with Crippen molar-refractivity contribution in [3.63, 3.8) is 0 Å². The summed E-state index contributed by atoms with van der Waals surface area (Å²) in [4.78, 5) is 14.8. The van der Waals surface area contributed by atoms with Crippen LogP contribution in [0.4, 0.5) is 4.39 Å². The second kappa shape index (κ2) is 8.82. The lowest BCUT2D eigenvalue weighted by atomic mass is 9.84. The van der Waals surface area contributed by atoms with E-state index in [2.05, 4.69) is 12.2 Å². The molecule has 5 heteroatoms. The Morgan fingerprint density at radius 1 is 1.29 bits per heavy atom. The van der Waals surface area contributed by atoms with Crippen molar-refractivity contribution in [3.8, 4) is 0 Å². The minimum absolute atomic E-state index is 0. The lowest BCUT2D eigenvalue weighted by molar-refractivity contribution is -0.133. The van der Waals surface area contributed by atoms with Crippen molar-refractivity contribution in [1.29, 1.82) is 0 Å². The highest BCUT2D eigenvalue weighted by Gasteiger charge is 2.34. The second-order valence-electron chi connectivity index (χ2n) is 7.15. The summed E-state index contributed by atoms with van der Waals surface area (Å²) in [5.74, 6) is 1.09. The monoisotopic (exact) mass is 354 g/mol. The minimum Gasteiger partial charge on any atom is -0.335 e. The van der Waals surface area contributed by atoms with Gasteiger partial charge in [0.05, 0.1) is 0 Å². The molecule has 0 radical (unpaired) electrons. The average Bonchev–Trinajstić information content (AvgIpc) is 3.38. The minimum atomic E-state index is -0.228. The quantitative estimate of drug-likeness (QED) is 0.843. The number of nitrogens with zero attached hydrogens (tertiary/aromatic N) is 1. The molecule has 24 heavy (non-hydrogen) atoms. The van der Waals surface area contributed by atoms with Gasteiger partial charge in [-0.3, -0.25) is 4.79 Å². The normalized spacial score (nSPS) is 19.4. The van der Waals surface area contributed by atoms with Crippen LogP contribution in [0.25, 0.3) is 0 Å². The molecule has 1 aromatic rings. The Labute approximate surface area is 150 Å². The van der Waals surface area contributed by atoms with Crippen LogP contribution in [0.15, 0.2) is 24.3 Å². The van der Waals surface area contributed by atoms with E-state index in [4.69, 9.17) is 0 Å². The Hall–Kier alpha value is -1.13. The van der Waals surface area contributed by atoms with Crippen LogP contribution in [0.3, 0.4) is 0 Å². The third kappa shape index (κ3) is 5.18. The third-order valence-electron chi connectivity index (χ3n) is 5.24. The van der Waals surface area contributed by atoms with Gasteiger partial charge >= 0.3 is 0 Å². The van der Waals surface area contributed by atoms with Gasteiger partial charge in [-0.2, -0.15) is 0 Å². The molecule has 2 fully saturated rings. The Morgan fingerprint density at radius 2 is 2.00 bits per heavy atom. The zero-order chi connectivity index (χ0) is 16.2. The highest BCUT2D eigenvalue weighted by Crippen LogP contribution is 2.31. The fourth-order valence-corrected chi connectivity index (χ4v) is 3.61. The summed E-state index contributed by atoms with van der Waals surface area (Å²) in [7, 11) is 0. The highest BCUT2D eigenvalue weighted by atomic mass is 35.5. The lowest BCUT2D eigenvalue weighted by Gasteiger charge is -2.30. The van der Waals surface area contributed by atoms with Gasteiger partial charge in [0.25, 0.3) is 0 Å². The maximum atomic E-state index is 13.4. The molecule has 0 bridgehead atoms. The van der Waals surface area contributed by atoms with Crippen LogP contribution in [0.2, 0.25) is 0 Å². The van der Waals surface area contributed by atoms with Crippen molar-refractivity contribution in [2.75, 3.05) is 13.1 Å². The number of hydrogen-bond donors (Lipinski definition) is 1. The first-order chi connectivity index (χ1) is 11.1. The topological polar surface area (TPSA) is 32.3 Å². The smallest absolute Gasteiger partial charge is 0.223 e. The van der Waals surface area contributed by atoms with Crippen molar-refractivity contribution < 1.29 is 9.18 Å². The van der Waals surface area contributed by atoms with Crippen LogP contribution in [0, 0.1) is 17.7 Å². The predicted octanol–water partition coefficient (Wildman–Crippen LogP) is 3.76. The molecule has 0 spiro atoms. The highest BCUT2D eigenvalue weighted by molar-refractivity contribution is 5.85. The summed E-state index contributed by atoms with van der Waals surface area (Å²) in [5, 5.41) is 3.38. The van der Waals surface area contributed by atoms with E-state index in [-0.39, 0.29) is 24.1 Å². The summed E-state index contributed by atoms with van der Waals surface area (Å²) in [5.41, 5.74) is 0.889. The second-order valence-corrected chi connectivity index (χ2v) is 7.15. The van der Waals surface area contributed by atoms with E-state index in [1.165, 1.54) is 18.9 Å². The first-order valence-electron chi connectivity index (χ1n) is 8.88. The van der Waals surface area contributed by atoms with Gasteiger partial charge in [0, 0.05) is 19.0 Å². The Morgan fingerprint density at radius 3 is 2.62 bits per heavy atom. The molecule has 1 heterocycles. The molecule has 1 saturated heterocycles. The van der Waals surface area contributed by atoms with Crippen molar-refractivity contribution in [1.82, 2.24) is 10.2 Å². The van der Waals surface area contributed by atoms with Crippen molar-refractivity contribution in [2.45, 2.75) is 51.6 Å². The van der Waals surface area contributed by atoms with E-state index < -0.39 is 0 Å². The fraction of sp³-hybridized carbons (Fsp3) is 0.632. The molecule has 134 valence electrons. The molecule has 1 atom stereocenters. The summed E-state index contributed by atoms with van der Waals surface area (Å²) in [6.45, 7) is 4.89. The third-order valence-corrected chi connectivity index (χ3v) is 5.24. The molecule has 1 amide bonds. The van der Waals surface area contributed by atoms with Crippen LogP contribution >= 0.6 is 12.4 Å². The Bertz CT molecular complexity index is 544. The standard InChI is InChI=1S/C19H27FN2O.ClH/c1-14(16-7-9-21-10-8-16)11-19(23)22(18-5-6-18)13-15-3-2-4-17(20)12-15;/h2-4,12,14,16,18,21H,5-11,13H2,1H3;1H. The Balaban J connectivity index is 0.00000208. The maximum Gasteiger partial charge on any atom is 0.223 e. The van der Waals surface area contributed by atoms with Gasteiger partial charge in [0.1, 0.15) is 5.82 Å². The zero-order valence-corrected chi connectivity index (χ0v) is 15.2. The average molecular weight is 355 g/mol. The van der Waals surface area contributed by atoms with E-state index in [1.54, 1.807) is 12.1 Å². The molecule has 1 unspecified atom stereocenters. The predicted molar refractivity (Wildman–Crippen MR) is 96.6 cm³/mol. The summed E-state index contributed by atoms with van der Waals surface area (Å²) < 4.78 is 13.4. The van der Waals surface area contributed by atoms with Gasteiger partial charge in [-0.15, -0.1) is 12.4 Å². The first-order valence-corrected chi connectivity index (χ1v) is 8.88. The van der Waals surface area contributed by atoms with Gasteiger partial charge in [-0.1, -0.05) is 19.1 Å². The van der Waals surface area contributed by atoms with Gasteiger partial charge in [-0.05, 0) is 68.3 Å². The van der Waals surface area contributed by atoms with Crippen LogP contribution in [0.1, 0.15) is 44.6 Å².